The maximum absolute atomic E-state index is 13.8. The molecule has 5 amide bonds. The Bertz CT molecular complexity index is 1200. The molecule has 196 valence electrons. The summed E-state index contributed by atoms with van der Waals surface area (Å²) in [4.78, 5) is 53.1. The van der Waals surface area contributed by atoms with E-state index in [0.717, 1.165) is 29.4 Å². The molecule has 2 aromatic carbocycles. The number of anilines is 2. The minimum Gasteiger partial charge on any atom is -0.343 e. The second-order valence-electron chi connectivity index (χ2n) is 9.25. The lowest BCUT2D eigenvalue weighted by molar-refractivity contribution is -0.133. The SMILES string of the molecule is CC(=O)[C@H](CCC(=O)N1CCC(N2Cc3ccccc3NC2=O)CC1)NC(=O)Nc1cc(F)ccc1F. The summed E-state index contributed by atoms with van der Waals surface area (Å²) in [5.41, 5.74) is 1.51. The Balaban J connectivity index is 1.25. The number of nitrogens with one attached hydrogen (secondary N) is 3. The van der Waals surface area contributed by atoms with E-state index in [0.29, 0.717) is 32.5 Å². The lowest BCUT2D eigenvalue weighted by Gasteiger charge is -2.40. The van der Waals surface area contributed by atoms with Crippen molar-refractivity contribution in [2.45, 2.75) is 51.2 Å². The van der Waals surface area contributed by atoms with E-state index in [2.05, 4.69) is 16.0 Å². The first kappa shape index (κ1) is 26.1. The number of amides is 5. The molecule has 2 aromatic rings. The molecule has 0 radical (unpaired) electrons. The average Bonchev–Trinajstić information content (AvgIpc) is 2.88. The first-order chi connectivity index (χ1) is 17.7. The van der Waals surface area contributed by atoms with E-state index in [1.165, 1.54) is 6.92 Å². The van der Waals surface area contributed by atoms with Gasteiger partial charge in [0.1, 0.15) is 11.6 Å². The highest BCUT2D eigenvalue weighted by molar-refractivity contribution is 5.94. The molecular weight excluding hydrogens is 484 g/mol. The van der Waals surface area contributed by atoms with Crippen LogP contribution in [-0.4, -0.2) is 58.7 Å². The second kappa shape index (κ2) is 11.4. The van der Waals surface area contributed by atoms with Crippen LogP contribution < -0.4 is 16.0 Å². The van der Waals surface area contributed by atoms with Crippen LogP contribution in [0.15, 0.2) is 42.5 Å². The number of Topliss-reactive ketones (excluding diaryl/α,β-unsaturated/α-hetero) is 1. The molecule has 0 unspecified atom stereocenters. The van der Waals surface area contributed by atoms with Crippen LogP contribution >= 0.6 is 0 Å². The van der Waals surface area contributed by atoms with E-state index in [-0.39, 0.29) is 42.3 Å². The number of hydrogen-bond acceptors (Lipinski definition) is 4. The summed E-state index contributed by atoms with van der Waals surface area (Å²) in [7, 11) is 0. The summed E-state index contributed by atoms with van der Waals surface area (Å²) in [6.45, 7) is 2.76. The number of urea groups is 2. The standard InChI is InChI=1S/C26H29F2N5O4/c1-16(34)21(29-25(36)30-23-14-18(27)6-7-20(23)28)8-9-24(35)32-12-10-19(11-13-32)33-15-17-4-2-3-5-22(17)31-26(33)37/h2-7,14,19,21H,8-13,15H2,1H3,(H,31,37)(H2,29,30,36)/t21-/m0/s1. The molecule has 9 nitrogen and oxygen atoms in total. The zero-order chi connectivity index (χ0) is 26.5. The van der Waals surface area contributed by atoms with E-state index in [9.17, 15) is 28.0 Å². The molecule has 1 atom stereocenters. The highest BCUT2D eigenvalue weighted by Gasteiger charge is 2.32. The van der Waals surface area contributed by atoms with Crippen molar-refractivity contribution in [1.29, 1.82) is 0 Å². The van der Waals surface area contributed by atoms with Gasteiger partial charge in [-0.1, -0.05) is 18.2 Å². The molecule has 1 fully saturated rings. The first-order valence-electron chi connectivity index (χ1n) is 12.2. The quantitative estimate of drug-likeness (QED) is 0.522. The highest BCUT2D eigenvalue weighted by Crippen LogP contribution is 2.27. The lowest BCUT2D eigenvalue weighted by atomic mass is 10.00. The summed E-state index contributed by atoms with van der Waals surface area (Å²) in [6, 6.07) is 8.33. The summed E-state index contributed by atoms with van der Waals surface area (Å²) in [5, 5.41) is 7.52. The molecule has 37 heavy (non-hydrogen) atoms. The van der Waals surface area contributed by atoms with E-state index in [4.69, 9.17) is 0 Å². The van der Waals surface area contributed by atoms with E-state index in [1.54, 1.807) is 9.80 Å². The third kappa shape index (κ3) is 6.41. The number of likely N-dealkylation sites (tertiary alicyclic amines) is 1. The predicted molar refractivity (Wildman–Crippen MR) is 133 cm³/mol. The third-order valence-corrected chi connectivity index (χ3v) is 6.74. The smallest absolute Gasteiger partial charge is 0.322 e. The van der Waals surface area contributed by atoms with Gasteiger partial charge in [0.25, 0.3) is 0 Å². The predicted octanol–water partition coefficient (Wildman–Crippen LogP) is 3.86. The van der Waals surface area contributed by atoms with Crippen LogP contribution in [0, 0.1) is 11.6 Å². The number of benzene rings is 2. The maximum atomic E-state index is 13.8. The molecule has 3 N–H and O–H groups in total. The number of carbonyl (C=O) groups excluding carboxylic acids is 4. The summed E-state index contributed by atoms with van der Waals surface area (Å²) in [6.07, 6.45) is 1.37. The molecule has 2 aliphatic heterocycles. The van der Waals surface area contributed by atoms with Crippen molar-refractivity contribution in [2.24, 2.45) is 0 Å². The molecule has 1 saturated heterocycles. The van der Waals surface area contributed by atoms with Crippen LogP contribution in [0.2, 0.25) is 0 Å². The molecule has 0 spiro atoms. The van der Waals surface area contributed by atoms with Gasteiger partial charge in [-0.2, -0.15) is 0 Å². The zero-order valence-electron chi connectivity index (χ0n) is 20.4. The van der Waals surface area contributed by atoms with Crippen LogP contribution in [0.5, 0.6) is 0 Å². The van der Waals surface area contributed by atoms with Crippen LogP contribution in [0.25, 0.3) is 0 Å². The van der Waals surface area contributed by atoms with E-state index < -0.39 is 23.7 Å². The summed E-state index contributed by atoms with van der Waals surface area (Å²) < 4.78 is 27.1. The minimum atomic E-state index is -0.963. The number of ketones is 1. The fraction of sp³-hybridized carbons (Fsp3) is 0.385. The molecule has 2 heterocycles. The van der Waals surface area contributed by atoms with Gasteiger partial charge in [-0.05, 0) is 49.9 Å². The van der Waals surface area contributed by atoms with Crippen molar-refractivity contribution in [3.05, 3.63) is 59.7 Å². The monoisotopic (exact) mass is 513 g/mol. The number of rotatable bonds is 7. The minimum absolute atomic E-state index is 0.0101. The first-order valence-corrected chi connectivity index (χ1v) is 12.2. The number of para-hydroxylation sites is 1. The number of fused-ring (bicyclic) bond motifs is 1. The number of nitrogens with zero attached hydrogens (tertiary/aromatic N) is 2. The summed E-state index contributed by atoms with van der Waals surface area (Å²) in [5.74, 6) is -2.06. The van der Waals surface area contributed by atoms with Crippen LogP contribution in [-0.2, 0) is 16.1 Å². The lowest BCUT2D eigenvalue weighted by Crippen LogP contribution is -2.51. The van der Waals surface area contributed by atoms with Crippen LogP contribution in [0.4, 0.5) is 29.7 Å². The Kier molecular flexibility index (Phi) is 8.00. The fourth-order valence-corrected chi connectivity index (χ4v) is 4.66. The Morgan fingerprint density at radius 3 is 2.57 bits per heavy atom. The number of halogens is 2. The maximum Gasteiger partial charge on any atom is 0.322 e. The van der Waals surface area contributed by atoms with Crippen molar-refractivity contribution in [1.82, 2.24) is 15.1 Å². The average molecular weight is 514 g/mol. The van der Waals surface area contributed by atoms with E-state index >= 15 is 0 Å². The van der Waals surface area contributed by atoms with Gasteiger partial charge in [0.05, 0.1) is 11.7 Å². The Labute approximate surface area is 213 Å². The van der Waals surface area contributed by atoms with E-state index in [1.807, 2.05) is 24.3 Å². The van der Waals surface area contributed by atoms with Gasteiger partial charge in [0, 0.05) is 43.9 Å². The largest absolute Gasteiger partial charge is 0.343 e. The molecule has 0 bridgehead atoms. The molecular formula is C26H29F2N5O4. The van der Waals surface area contributed by atoms with Crippen LogP contribution in [0.1, 0.15) is 38.2 Å². The van der Waals surface area contributed by atoms with Gasteiger partial charge in [0.2, 0.25) is 5.91 Å². The summed E-state index contributed by atoms with van der Waals surface area (Å²) >= 11 is 0. The molecule has 0 aromatic heterocycles. The number of piperidine rings is 1. The van der Waals surface area contributed by atoms with Gasteiger partial charge in [-0.3, -0.25) is 9.59 Å². The number of carbonyl (C=O) groups is 4. The normalized spacial score (nSPS) is 16.5. The Morgan fingerprint density at radius 1 is 1.11 bits per heavy atom. The van der Waals surface area contributed by atoms with Crippen molar-refractivity contribution in [3.8, 4) is 0 Å². The van der Waals surface area contributed by atoms with Gasteiger partial charge in [-0.25, -0.2) is 18.4 Å². The van der Waals surface area contributed by atoms with Crippen molar-refractivity contribution in [3.63, 3.8) is 0 Å². The van der Waals surface area contributed by atoms with Crippen molar-refractivity contribution in [2.75, 3.05) is 23.7 Å². The Morgan fingerprint density at radius 2 is 1.84 bits per heavy atom. The van der Waals surface area contributed by atoms with Crippen molar-refractivity contribution < 1.29 is 28.0 Å². The molecule has 11 heteroatoms. The number of hydrogen-bond donors (Lipinski definition) is 3. The van der Waals surface area contributed by atoms with Gasteiger partial charge in [0.15, 0.2) is 5.78 Å². The van der Waals surface area contributed by atoms with Crippen LogP contribution in [0.3, 0.4) is 0 Å². The molecule has 4 rings (SSSR count). The zero-order valence-corrected chi connectivity index (χ0v) is 20.4. The second-order valence-corrected chi connectivity index (χ2v) is 9.25. The van der Waals surface area contributed by atoms with Gasteiger partial charge in [-0.15, -0.1) is 0 Å². The molecule has 0 saturated carbocycles. The van der Waals surface area contributed by atoms with Crippen molar-refractivity contribution >= 4 is 35.1 Å². The third-order valence-electron chi connectivity index (χ3n) is 6.74. The van der Waals surface area contributed by atoms with Gasteiger partial charge >= 0.3 is 12.1 Å². The van der Waals surface area contributed by atoms with Gasteiger partial charge < -0.3 is 25.8 Å². The molecule has 2 aliphatic rings. The fourth-order valence-electron chi connectivity index (χ4n) is 4.66. The molecule has 0 aliphatic carbocycles. The topological polar surface area (TPSA) is 111 Å². The Hall–Kier alpha value is -4.02. The highest BCUT2D eigenvalue weighted by atomic mass is 19.1.